The van der Waals surface area contributed by atoms with Crippen molar-refractivity contribution in [2.75, 3.05) is 6.61 Å². The fraction of sp³-hybridized carbons (Fsp3) is 0.400. The molecular formula is C10H14N2O3. The maximum absolute atomic E-state index is 11.6. The molecule has 5 nitrogen and oxygen atoms in total. The lowest BCUT2D eigenvalue weighted by Gasteiger charge is -2.12. The van der Waals surface area contributed by atoms with Crippen LogP contribution in [0.5, 0.6) is 0 Å². The summed E-state index contributed by atoms with van der Waals surface area (Å²) in [6.07, 6.45) is 0. The third-order valence-corrected chi connectivity index (χ3v) is 2.07. The first kappa shape index (κ1) is 11.5. The Morgan fingerprint density at radius 2 is 2.27 bits per heavy atom. The molecule has 1 unspecified atom stereocenters. The number of pyridine rings is 1. The number of aliphatic hydroxyl groups is 1. The van der Waals surface area contributed by atoms with Gasteiger partial charge in [-0.25, -0.2) is 0 Å². The number of carbonyl (C=O) groups is 1. The molecule has 0 aliphatic carbocycles. The van der Waals surface area contributed by atoms with Gasteiger partial charge in [0.05, 0.1) is 6.61 Å². The van der Waals surface area contributed by atoms with Gasteiger partial charge in [-0.2, -0.15) is 0 Å². The average Bonchev–Trinajstić information content (AvgIpc) is 2.21. The molecule has 0 saturated heterocycles. The first-order valence-electron chi connectivity index (χ1n) is 4.64. The number of amides is 1. The van der Waals surface area contributed by atoms with Crippen molar-refractivity contribution in [2.45, 2.75) is 13.0 Å². The molecule has 15 heavy (non-hydrogen) atoms. The minimum absolute atomic E-state index is 0.132. The van der Waals surface area contributed by atoms with Crippen LogP contribution in [0.4, 0.5) is 0 Å². The minimum Gasteiger partial charge on any atom is -0.394 e. The zero-order chi connectivity index (χ0) is 11.4. The van der Waals surface area contributed by atoms with Gasteiger partial charge in [0.15, 0.2) is 0 Å². The quantitative estimate of drug-likeness (QED) is 0.706. The molecule has 0 saturated carbocycles. The number of hydrogen-bond donors (Lipinski definition) is 2. The summed E-state index contributed by atoms with van der Waals surface area (Å²) in [6, 6.07) is 4.14. The van der Waals surface area contributed by atoms with Gasteiger partial charge in [-0.1, -0.05) is 6.07 Å². The molecule has 1 aromatic heterocycles. The van der Waals surface area contributed by atoms with Crippen molar-refractivity contribution >= 4 is 5.91 Å². The first-order valence-corrected chi connectivity index (χ1v) is 4.64. The van der Waals surface area contributed by atoms with E-state index in [9.17, 15) is 9.59 Å². The van der Waals surface area contributed by atoms with Gasteiger partial charge in [0.25, 0.3) is 11.5 Å². The molecule has 0 aliphatic heterocycles. The molecule has 5 heteroatoms. The van der Waals surface area contributed by atoms with Crippen molar-refractivity contribution < 1.29 is 9.90 Å². The fourth-order valence-electron chi connectivity index (χ4n) is 1.14. The van der Waals surface area contributed by atoms with Crippen molar-refractivity contribution in [1.29, 1.82) is 0 Å². The summed E-state index contributed by atoms with van der Waals surface area (Å²) in [5.74, 6) is -0.364. The Morgan fingerprint density at radius 3 is 2.87 bits per heavy atom. The average molecular weight is 210 g/mol. The zero-order valence-corrected chi connectivity index (χ0v) is 8.73. The number of aliphatic hydroxyl groups excluding tert-OH is 1. The second-order valence-electron chi connectivity index (χ2n) is 3.37. The summed E-state index contributed by atoms with van der Waals surface area (Å²) in [5, 5.41) is 11.3. The van der Waals surface area contributed by atoms with E-state index in [2.05, 4.69) is 5.32 Å². The predicted molar refractivity (Wildman–Crippen MR) is 55.7 cm³/mol. The number of aromatic nitrogens is 1. The maximum Gasteiger partial charge on any atom is 0.268 e. The van der Waals surface area contributed by atoms with Gasteiger partial charge in [-0.15, -0.1) is 0 Å². The van der Waals surface area contributed by atoms with Crippen LogP contribution < -0.4 is 10.9 Å². The number of rotatable bonds is 3. The number of carbonyl (C=O) groups excluding carboxylic acids is 1. The molecule has 1 amide bonds. The lowest BCUT2D eigenvalue weighted by atomic mass is 10.3. The summed E-state index contributed by atoms with van der Waals surface area (Å²) in [7, 11) is 1.53. The Bertz CT molecular complexity index is 411. The van der Waals surface area contributed by atoms with E-state index >= 15 is 0 Å². The number of hydrogen-bond acceptors (Lipinski definition) is 3. The summed E-state index contributed by atoms with van der Waals surface area (Å²) >= 11 is 0. The van der Waals surface area contributed by atoms with E-state index in [0.717, 1.165) is 0 Å². The topological polar surface area (TPSA) is 71.3 Å². The molecule has 1 aromatic rings. The van der Waals surface area contributed by atoms with Crippen molar-refractivity contribution in [3.05, 3.63) is 34.2 Å². The highest BCUT2D eigenvalue weighted by Crippen LogP contribution is 1.95. The Morgan fingerprint density at radius 1 is 1.60 bits per heavy atom. The SMILES string of the molecule is CC(CO)NC(=O)c1cccc(=O)n1C. The standard InChI is InChI=1S/C10H14N2O3/c1-7(6-13)11-10(15)8-4-3-5-9(14)12(8)2/h3-5,7,13H,6H2,1-2H3,(H,11,15). The Balaban J connectivity index is 2.92. The van der Waals surface area contributed by atoms with Gasteiger partial charge in [-0.3, -0.25) is 9.59 Å². The van der Waals surface area contributed by atoms with E-state index in [1.54, 1.807) is 13.0 Å². The minimum atomic E-state index is -0.364. The van der Waals surface area contributed by atoms with Crippen LogP contribution in [0.1, 0.15) is 17.4 Å². The predicted octanol–water partition coefficient (Wildman–Crippen LogP) is -0.504. The van der Waals surface area contributed by atoms with Crippen LogP contribution in [0.15, 0.2) is 23.0 Å². The van der Waals surface area contributed by atoms with Crippen LogP contribution in [-0.2, 0) is 7.05 Å². The fourth-order valence-corrected chi connectivity index (χ4v) is 1.14. The van der Waals surface area contributed by atoms with E-state index < -0.39 is 0 Å². The number of nitrogens with one attached hydrogen (secondary N) is 1. The van der Waals surface area contributed by atoms with Crippen molar-refractivity contribution in [3.8, 4) is 0 Å². The highest BCUT2D eigenvalue weighted by Gasteiger charge is 2.11. The van der Waals surface area contributed by atoms with Crippen molar-refractivity contribution in [2.24, 2.45) is 7.05 Å². The van der Waals surface area contributed by atoms with Gasteiger partial charge < -0.3 is 15.0 Å². The van der Waals surface area contributed by atoms with E-state index in [1.165, 1.54) is 23.7 Å². The molecule has 0 aromatic carbocycles. The van der Waals surface area contributed by atoms with E-state index in [0.29, 0.717) is 0 Å². The molecular weight excluding hydrogens is 196 g/mol. The Labute approximate surface area is 87.4 Å². The lowest BCUT2D eigenvalue weighted by molar-refractivity contribution is 0.0913. The number of nitrogens with zero attached hydrogens (tertiary/aromatic N) is 1. The summed E-state index contributed by atoms with van der Waals surface area (Å²) in [5.41, 5.74) is 0.0436. The van der Waals surface area contributed by atoms with Crippen molar-refractivity contribution in [3.63, 3.8) is 0 Å². The third-order valence-electron chi connectivity index (χ3n) is 2.07. The van der Waals surface area contributed by atoms with E-state index in [-0.39, 0.29) is 29.8 Å². The van der Waals surface area contributed by atoms with Crippen LogP contribution in [0, 0.1) is 0 Å². The highest BCUT2D eigenvalue weighted by molar-refractivity contribution is 5.92. The largest absolute Gasteiger partial charge is 0.394 e. The van der Waals surface area contributed by atoms with Crippen LogP contribution in [0.3, 0.4) is 0 Å². The molecule has 0 fully saturated rings. The molecule has 0 radical (unpaired) electrons. The molecule has 0 aliphatic rings. The van der Waals surface area contributed by atoms with Crippen molar-refractivity contribution in [1.82, 2.24) is 9.88 Å². The normalized spacial score (nSPS) is 12.2. The van der Waals surface area contributed by atoms with E-state index in [1.807, 2.05) is 0 Å². The molecule has 1 atom stereocenters. The smallest absolute Gasteiger partial charge is 0.268 e. The van der Waals surface area contributed by atoms with Gasteiger partial charge in [0, 0.05) is 19.2 Å². The molecule has 82 valence electrons. The van der Waals surface area contributed by atoms with Gasteiger partial charge >= 0.3 is 0 Å². The Kier molecular flexibility index (Phi) is 3.62. The molecule has 1 rings (SSSR count). The third kappa shape index (κ3) is 2.66. The van der Waals surface area contributed by atoms with Gasteiger partial charge in [0.1, 0.15) is 5.69 Å². The van der Waals surface area contributed by atoms with Crippen LogP contribution in [0.25, 0.3) is 0 Å². The molecule has 1 heterocycles. The molecule has 0 spiro atoms. The van der Waals surface area contributed by atoms with Crippen LogP contribution in [-0.4, -0.2) is 28.2 Å². The van der Waals surface area contributed by atoms with Crippen LogP contribution in [0.2, 0.25) is 0 Å². The molecule has 2 N–H and O–H groups in total. The summed E-state index contributed by atoms with van der Waals surface area (Å²) < 4.78 is 1.26. The second kappa shape index (κ2) is 4.75. The Hall–Kier alpha value is -1.62. The maximum atomic E-state index is 11.6. The van der Waals surface area contributed by atoms with E-state index in [4.69, 9.17) is 5.11 Å². The van der Waals surface area contributed by atoms with Gasteiger partial charge in [-0.05, 0) is 13.0 Å². The first-order chi connectivity index (χ1) is 7.06. The lowest BCUT2D eigenvalue weighted by Crippen LogP contribution is -2.37. The van der Waals surface area contributed by atoms with Crippen LogP contribution >= 0.6 is 0 Å². The zero-order valence-electron chi connectivity index (χ0n) is 8.73. The summed E-state index contributed by atoms with van der Waals surface area (Å²) in [4.78, 5) is 22.8. The summed E-state index contributed by atoms with van der Waals surface area (Å²) in [6.45, 7) is 1.55. The second-order valence-corrected chi connectivity index (χ2v) is 3.37. The molecule has 0 bridgehead atoms. The van der Waals surface area contributed by atoms with Gasteiger partial charge in [0.2, 0.25) is 0 Å². The monoisotopic (exact) mass is 210 g/mol. The highest BCUT2D eigenvalue weighted by atomic mass is 16.3.